The third kappa shape index (κ3) is 7.37. The minimum atomic E-state index is -1.24. The van der Waals surface area contributed by atoms with Crippen molar-refractivity contribution in [1.82, 2.24) is 9.80 Å². The number of unbranched alkanes of at least 4 members (excludes halogenated alkanes) is 3. The summed E-state index contributed by atoms with van der Waals surface area (Å²) in [6.07, 6.45) is 0.0717. The van der Waals surface area contributed by atoms with Crippen LogP contribution in [-0.2, 0) is 6.54 Å². The maximum atomic E-state index is 11.3. The van der Waals surface area contributed by atoms with Crippen LogP contribution in [0.4, 0.5) is 11.4 Å². The summed E-state index contributed by atoms with van der Waals surface area (Å²) in [6, 6.07) is 4.57. The Morgan fingerprint density at radius 2 is 1.87 bits per heavy atom. The van der Waals surface area contributed by atoms with E-state index in [9.17, 15) is 30.5 Å². The van der Waals surface area contributed by atoms with Crippen LogP contribution in [0.15, 0.2) is 18.2 Å². The van der Waals surface area contributed by atoms with Crippen molar-refractivity contribution in [3.05, 3.63) is 33.9 Å². The molecule has 176 valence electrons. The number of piperidine rings is 1. The fourth-order valence-electron chi connectivity index (χ4n) is 4.00. The Morgan fingerprint density at radius 1 is 1.16 bits per heavy atom. The number of hydrogen-bond donors (Lipinski definition) is 5. The van der Waals surface area contributed by atoms with Crippen molar-refractivity contribution in [2.75, 3.05) is 45.7 Å². The van der Waals surface area contributed by atoms with Gasteiger partial charge in [-0.15, -0.1) is 0 Å². The molecule has 1 heterocycles. The van der Waals surface area contributed by atoms with E-state index < -0.39 is 24.4 Å². The van der Waals surface area contributed by atoms with Gasteiger partial charge in [-0.05, 0) is 45.1 Å². The third-order valence-electron chi connectivity index (χ3n) is 5.66. The van der Waals surface area contributed by atoms with Crippen molar-refractivity contribution in [3.8, 4) is 0 Å². The lowest BCUT2D eigenvalue weighted by molar-refractivity contribution is -0.384. The number of anilines is 1. The van der Waals surface area contributed by atoms with Crippen LogP contribution in [0.1, 0.15) is 31.2 Å². The van der Waals surface area contributed by atoms with E-state index in [4.69, 9.17) is 0 Å². The summed E-state index contributed by atoms with van der Waals surface area (Å²) in [7, 11) is 3.90. The molecule has 0 aromatic heterocycles. The van der Waals surface area contributed by atoms with Crippen LogP contribution < -0.4 is 5.32 Å². The molecule has 4 unspecified atom stereocenters. The van der Waals surface area contributed by atoms with Crippen molar-refractivity contribution in [2.45, 2.75) is 56.6 Å². The second-order valence-electron chi connectivity index (χ2n) is 8.48. The molecule has 1 aromatic carbocycles. The molecule has 0 spiro atoms. The van der Waals surface area contributed by atoms with Crippen LogP contribution in [-0.4, -0.2) is 99.8 Å². The molecule has 31 heavy (non-hydrogen) atoms. The number of aliphatic hydroxyl groups is 4. The summed E-state index contributed by atoms with van der Waals surface area (Å²) >= 11 is 0. The van der Waals surface area contributed by atoms with E-state index >= 15 is 0 Å². The zero-order valence-corrected chi connectivity index (χ0v) is 18.4. The van der Waals surface area contributed by atoms with Crippen molar-refractivity contribution in [2.24, 2.45) is 0 Å². The normalized spacial score (nSPS) is 24.5. The van der Waals surface area contributed by atoms with E-state index in [1.807, 2.05) is 30.0 Å². The van der Waals surface area contributed by atoms with Crippen molar-refractivity contribution >= 4 is 11.4 Å². The number of nitrogens with one attached hydrogen (secondary N) is 1. The van der Waals surface area contributed by atoms with Gasteiger partial charge >= 0.3 is 0 Å². The van der Waals surface area contributed by atoms with Crippen molar-refractivity contribution in [3.63, 3.8) is 0 Å². The summed E-state index contributed by atoms with van der Waals surface area (Å²) in [5, 5.41) is 53.6. The summed E-state index contributed by atoms with van der Waals surface area (Å²) in [6.45, 7) is 1.88. The lowest BCUT2D eigenvalue weighted by atomic mass is 9.94. The number of likely N-dealkylation sites (tertiary alicyclic amines) is 1. The van der Waals surface area contributed by atoms with Gasteiger partial charge in [-0.2, -0.15) is 0 Å². The first kappa shape index (κ1) is 25.4. The Morgan fingerprint density at radius 3 is 2.52 bits per heavy atom. The molecule has 0 aliphatic carbocycles. The van der Waals surface area contributed by atoms with E-state index in [0.29, 0.717) is 25.3 Å². The van der Waals surface area contributed by atoms with Crippen LogP contribution >= 0.6 is 0 Å². The average Bonchev–Trinajstić information content (AvgIpc) is 2.71. The molecular formula is C21H36N4O6. The Hall–Kier alpha value is -1.82. The highest BCUT2D eigenvalue weighted by Crippen LogP contribution is 2.26. The van der Waals surface area contributed by atoms with Crippen LogP contribution in [0.25, 0.3) is 0 Å². The number of hydrogen-bond acceptors (Lipinski definition) is 9. The molecule has 4 atom stereocenters. The Kier molecular flexibility index (Phi) is 10.1. The smallest absolute Gasteiger partial charge is 0.292 e. The number of nitro benzene ring substituents is 1. The molecule has 0 radical (unpaired) electrons. The summed E-state index contributed by atoms with van der Waals surface area (Å²) in [5.41, 5.74) is 1.61. The lowest BCUT2D eigenvalue weighted by Gasteiger charge is -2.43. The zero-order chi connectivity index (χ0) is 23.0. The quantitative estimate of drug-likeness (QED) is 0.177. The van der Waals surface area contributed by atoms with E-state index in [2.05, 4.69) is 5.32 Å². The van der Waals surface area contributed by atoms with Gasteiger partial charge in [-0.25, -0.2) is 0 Å². The maximum absolute atomic E-state index is 11.3. The third-order valence-corrected chi connectivity index (χ3v) is 5.66. The van der Waals surface area contributed by atoms with Gasteiger partial charge in [0.25, 0.3) is 5.69 Å². The monoisotopic (exact) mass is 440 g/mol. The maximum Gasteiger partial charge on any atom is 0.292 e. The van der Waals surface area contributed by atoms with E-state index in [1.54, 1.807) is 6.07 Å². The minimum Gasteiger partial charge on any atom is -0.395 e. The van der Waals surface area contributed by atoms with E-state index in [-0.39, 0.29) is 23.8 Å². The van der Waals surface area contributed by atoms with Gasteiger partial charge in [0.15, 0.2) is 0 Å². The molecule has 1 aliphatic heterocycles. The predicted molar refractivity (Wildman–Crippen MR) is 118 cm³/mol. The molecule has 0 bridgehead atoms. The number of β-amino-alcohol motifs (C(OH)–C–C–N with tert-alkyl or cyclic N) is 1. The standard InChI is InChI=1S/C21H36N4O6/c1-23(2)12-15-7-8-17(25(30)31)16(11-15)22-9-5-3-4-6-10-24-13-19(27)21(29)20(28)18(24)14-26/h7-8,11,18-22,26-29H,3-6,9-10,12-14H2,1-2H3. The number of aliphatic hydroxyl groups excluding tert-OH is 4. The first-order valence-electron chi connectivity index (χ1n) is 10.8. The summed E-state index contributed by atoms with van der Waals surface area (Å²) in [5.74, 6) is 0. The van der Waals surface area contributed by atoms with E-state index in [0.717, 1.165) is 31.2 Å². The molecule has 1 aromatic rings. The van der Waals surface area contributed by atoms with Gasteiger partial charge in [-0.3, -0.25) is 15.0 Å². The van der Waals surface area contributed by atoms with Crippen LogP contribution in [0.5, 0.6) is 0 Å². The summed E-state index contributed by atoms with van der Waals surface area (Å²) in [4.78, 5) is 14.7. The number of nitro groups is 1. The van der Waals surface area contributed by atoms with Gasteiger partial charge in [-0.1, -0.05) is 18.9 Å². The number of benzene rings is 1. The molecule has 10 heteroatoms. The van der Waals surface area contributed by atoms with Gasteiger partial charge in [0.1, 0.15) is 17.9 Å². The van der Waals surface area contributed by atoms with Gasteiger partial charge in [0.2, 0.25) is 0 Å². The molecule has 0 amide bonds. The van der Waals surface area contributed by atoms with Crippen LogP contribution in [0, 0.1) is 10.1 Å². The largest absolute Gasteiger partial charge is 0.395 e. The van der Waals surface area contributed by atoms with Gasteiger partial charge < -0.3 is 30.6 Å². The highest BCUT2D eigenvalue weighted by atomic mass is 16.6. The average molecular weight is 441 g/mol. The first-order valence-corrected chi connectivity index (χ1v) is 10.8. The molecule has 0 saturated carbocycles. The SMILES string of the molecule is CN(C)Cc1ccc([N+](=O)[O-])c(NCCCCCCN2CC(O)C(O)C(O)C2CO)c1. The van der Waals surface area contributed by atoms with Gasteiger partial charge in [0, 0.05) is 25.7 Å². The topological polar surface area (TPSA) is 143 Å². The highest BCUT2D eigenvalue weighted by Gasteiger charge is 2.40. The number of nitrogens with zero attached hydrogens (tertiary/aromatic N) is 3. The molecule has 1 fully saturated rings. The van der Waals surface area contributed by atoms with Crippen molar-refractivity contribution in [1.29, 1.82) is 0 Å². The van der Waals surface area contributed by atoms with Gasteiger partial charge in [0.05, 0.1) is 23.7 Å². The Balaban J connectivity index is 1.74. The Bertz CT molecular complexity index is 704. The van der Waals surface area contributed by atoms with Crippen molar-refractivity contribution < 1.29 is 25.3 Å². The summed E-state index contributed by atoms with van der Waals surface area (Å²) < 4.78 is 0. The Labute approximate surface area is 183 Å². The predicted octanol–water partition coefficient (Wildman–Crippen LogP) is 0.388. The molecule has 1 saturated heterocycles. The molecule has 10 nitrogen and oxygen atoms in total. The second kappa shape index (κ2) is 12.3. The molecular weight excluding hydrogens is 404 g/mol. The van der Waals surface area contributed by atoms with Crippen LogP contribution in [0.3, 0.4) is 0 Å². The lowest BCUT2D eigenvalue weighted by Crippen LogP contribution is -2.62. The second-order valence-corrected chi connectivity index (χ2v) is 8.48. The molecule has 2 rings (SSSR count). The number of rotatable bonds is 12. The van der Waals surface area contributed by atoms with Crippen LogP contribution in [0.2, 0.25) is 0 Å². The zero-order valence-electron chi connectivity index (χ0n) is 18.4. The minimum absolute atomic E-state index is 0.0713. The molecule has 1 aliphatic rings. The van der Waals surface area contributed by atoms with E-state index in [1.165, 1.54) is 6.07 Å². The first-order chi connectivity index (χ1) is 14.7. The molecule has 5 N–H and O–H groups in total. The fourth-order valence-corrected chi connectivity index (χ4v) is 4.00. The fraction of sp³-hybridized carbons (Fsp3) is 0.714. The highest BCUT2D eigenvalue weighted by molar-refractivity contribution is 5.62.